The minimum Gasteiger partial charge on any atom is -0.480 e. The van der Waals surface area contributed by atoms with Crippen molar-refractivity contribution in [2.45, 2.75) is 63.7 Å². The molecule has 2 aromatic rings. The number of likely N-dealkylation sites (tertiary alicyclic amines) is 1. The summed E-state index contributed by atoms with van der Waals surface area (Å²) in [4.78, 5) is 55.8. The van der Waals surface area contributed by atoms with E-state index in [2.05, 4.69) is 28.2 Å². The number of nitrogens with two attached hydrogens (primary N) is 1. The van der Waals surface area contributed by atoms with Crippen molar-refractivity contribution in [1.29, 1.82) is 0 Å². The SMILES string of the molecule is CCC(C)C(NC(=O)C(N)CS)C(=O)NC(Cc1c[nH]c2ccccc12)C(=O)N1CCCC1C(=O)O. The number of fused-ring (bicyclic) bond motifs is 1. The zero-order valence-electron chi connectivity index (χ0n) is 20.6. The molecule has 1 saturated heterocycles. The number of H-pyrrole nitrogens is 1. The van der Waals surface area contributed by atoms with Crippen molar-refractivity contribution in [1.82, 2.24) is 20.5 Å². The van der Waals surface area contributed by atoms with Crippen LogP contribution in [0.5, 0.6) is 0 Å². The lowest BCUT2D eigenvalue weighted by Gasteiger charge is -2.30. The van der Waals surface area contributed by atoms with E-state index in [9.17, 15) is 24.3 Å². The summed E-state index contributed by atoms with van der Waals surface area (Å²) in [6.07, 6.45) is 3.48. The molecule has 0 radical (unpaired) electrons. The first kappa shape index (κ1) is 27.5. The van der Waals surface area contributed by atoms with E-state index in [0.717, 1.165) is 16.5 Å². The van der Waals surface area contributed by atoms with Crippen molar-refractivity contribution in [3.63, 3.8) is 0 Å². The molecule has 1 aliphatic rings. The predicted octanol–water partition coefficient (Wildman–Crippen LogP) is 1.06. The van der Waals surface area contributed by atoms with Gasteiger partial charge in [-0.1, -0.05) is 38.5 Å². The summed E-state index contributed by atoms with van der Waals surface area (Å²) in [6, 6.07) is 3.86. The number of hydrogen-bond acceptors (Lipinski definition) is 6. The van der Waals surface area contributed by atoms with Gasteiger partial charge in [0.1, 0.15) is 18.1 Å². The van der Waals surface area contributed by atoms with Gasteiger partial charge in [0.2, 0.25) is 17.7 Å². The Morgan fingerprint density at radius 2 is 1.94 bits per heavy atom. The zero-order chi connectivity index (χ0) is 26.4. The molecular weight excluding hydrogens is 482 g/mol. The number of carbonyl (C=O) groups is 4. The van der Waals surface area contributed by atoms with E-state index in [-0.39, 0.29) is 18.1 Å². The summed E-state index contributed by atoms with van der Waals surface area (Å²) in [5, 5.41) is 16.0. The van der Waals surface area contributed by atoms with Gasteiger partial charge >= 0.3 is 5.97 Å². The number of aromatic amines is 1. The fourth-order valence-corrected chi connectivity index (χ4v) is 4.68. The van der Waals surface area contributed by atoms with Crippen LogP contribution in [0.15, 0.2) is 30.5 Å². The third kappa shape index (κ3) is 6.19. The molecule has 0 spiro atoms. The van der Waals surface area contributed by atoms with Crippen molar-refractivity contribution in [3.05, 3.63) is 36.0 Å². The van der Waals surface area contributed by atoms with Gasteiger partial charge in [-0.15, -0.1) is 0 Å². The second kappa shape index (κ2) is 12.3. The number of aromatic nitrogens is 1. The average molecular weight is 518 g/mol. The summed E-state index contributed by atoms with van der Waals surface area (Å²) >= 11 is 4.05. The Balaban J connectivity index is 1.90. The summed E-state index contributed by atoms with van der Waals surface area (Å²) in [5.41, 5.74) is 7.49. The van der Waals surface area contributed by atoms with Crippen LogP contribution in [0, 0.1) is 5.92 Å². The van der Waals surface area contributed by atoms with Gasteiger partial charge < -0.3 is 31.4 Å². The van der Waals surface area contributed by atoms with E-state index in [1.165, 1.54) is 4.90 Å². The highest BCUT2D eigenvalue weighted by Crippen LogP contribution is 2.23. The number of nitrogens with one attached hydrogen (secondary N) is 3. The third-order valence-electron chi connectivity index (χ3n) is 6.86. The zero-order valence-corrected chi connectivity index (χ0v) is 21.5. The molecule has 0 aliphatic carbocycles. The van der Waals surface area contributed by atoms with Crippen LogP contribution in [0.25, 0.3) is 10.9 Å². The van der Waals surface area contributed by atoms with Crippen molar-refractivity contribution < 1.29 is 24.3 Å². The Labute approximate surface area is 215 Å². The normalized spacial score (nSPS) is 18.9. The predicted molar refractivity (Wildman–Crippen MR) is 140 cm³/mol. The number of thiol groups is 1. The lowest BCUT2D eigenvalue weighted by atomic mass is 9.96. The fourth-order valence-electron chi connectivity index (χ4n) is 4.51. The van der Waals surface area contributed by atoms with Crippen molar-refractivity contribution in [2.24, 2.45) is 11.7 Å². The van der Waals surface area contributed by atoms with Crippen LogP contribution < -0.4 is 16.4 Å². The number of carboxylic acids is 1. The highest BCUT2D eigenvalue weighted by molar-refractivity contribution is 7.80. The quantitative estimate of drug-likeness (QED) is 0.245. The Kier molecular flexibility index (Phi) is 9.38. The topological polar surface area (TPSA) is 158 Å². The van der Waals surface area contributed by atoms with Crippen LogP contribution >= 0.6 is 12.6 Å². The second-order valence-corrected chi connectivity index (χ2v) is 9.68. The number of carbonyl (C=O) groups excluding carboxylic acids is 3. The third-order valence-corrected chi connectivity index (χ3v) is 7.25. The summed E-state index contributed by atoms with van der Waals surface area (Å²) < 4.78 is 0. The van der Waals surface area contributed by atoms with E-state index in [0.29, 0.717) is 25.8 Å². The van der Waals surface area contributed by atoms with Gasteiger partial charge in [0.05, 0.1) is 6.04 Å². The Morgan fingerprint density at radius 3 is 2.61 bits per heavy atom. The molecule has 1 fully saturated rings. The number of amides is 3. The Hall–Kier alpha value is -3.05. The van der Waals surface area contributed by atoms with Crippen LogP contribution in [0.4, 0.5) is 0 Å². The number of carboxylic acid groups (broad SMARTS) is 1. The highest BCUT2D eigenvalue weighted by Gasteiger charge is 2.39. The number of rotatable bonds is 11. The highest BCUT2D eigenvalue weighted by atomic mass is 32.1. The van der Waals surface area contributed by atoms with Crippen LogP contribution in [-0.4, -0.2) is 75.1 Å². The van der Waals surface area contributed by atoms with Crippen LogP contribution in [0.1, 0.15) is 38.7 Å². The van der Waals surface area contributed by atoms with E-state index >= 15 is 0 Å². The van der Waals surface area contributed by atoms with Gasteiger partial charge in [0.25, 0.3) is 0 Å². The summed E-state index contributed by atoms with van der Waals surface area (Å²) in [7, 11) is 0. The number of aliphatic carboxylic acids is 1. The fraction of sp³-hybridized carbons (Fsp3) is 0.520. The first-order valence-electron chi connectivity index (χ1n) is 12.2. The molecule has 196 valence electrons. The van der Waals surface area contributed by atoms with E-state index in [4.69, 9.17) is 5.73 Å². The van der Waals surface area contributed by atoms with Crippen LogP contribution in [-0.2, 0) is 25.6 Å². The molecule has 11 heteroatoms. The first-order valence-corrected chi connectivity index (χ1v) is 12.9. The molecule has 10 nitrogen and oxygen atoms in total. The standard InChI is InChI=1S/C25H35N5O5S/c1-3-14(2)21(29-22(31)17(26)13-36)23(32)28-19(24(33)30-10-6-9-20(30)25(34)35)11-15-12-27-18-8-5-4-7-16(15)18/h4-5,7-8,12,14,17,19-21,27,36H,3,6,9-11,13,26H2,1-2H3,(H,28,32)(H,29,31)(H,34,35). The maximum Gasteiger partial charge on any atom is 0.326 e. The maximum absolute atomic E-state index is 13.6. The molecule has 5 unspecified atom stereocenters. The second-order valence-electron chi connectivity index (χ2n) is 9.31. The monoisotopic (exact) mass is 517 g/mol. The average Bonchev–Trinajstić information content (AvgIpc) is 3.53. The van der Waals surface area contributed by atoms with E-state index in [1.807, 2.05) is 38.1 Å². The lowest BCUT2D eigenvalue weighted by Crippen LogP contribution is -2.59. The van der Waals surface area contributed by atoms with Crippen LogP contribution in [0.3, 0.4) is 0 Å². The molecule has 1 aliphatic heterocycles. The van der Waals surface area contributed by atoms with Gasteiger partial charge in [0.15, 0.2) is 0 Å². The van der Waals surface area contributed by atoms with Gasteiger partial charge in [-0.05, 0) is 30.4 Å². The van der Waals surface area contributed by atoms with E-state index in [1.54, 1.807) is 6.20 Å². The minimum absolute atomic E-state index is 0.119. The largest absolute Gasteiger partial charge is 0.480 e. The molecule has 1 aromatic heterocycles. The smallest absolute Gasteiger partial charge is 0.326 e. The first-order chi connectivity index (χ1) is 17.2. The van der Waals surface area contributed by atoms with Crippen molar-refractivity contribution >= 4 is 47.2 Å². The number of hydrogen-bond donors (Lipinski definition) is 6. The van der Waals surface area contributed by atoms with Gasteiger partial charge in [-0.3, -0.25) is 14.4 Å². The van der Waals surface area contributed by atoms with Gasteiger partial charge in [-0.25, -0.2) is 4.79 Å². The molecule has 36 heavy (non-hydrogen) atoms. The van der Waals surface area contributed by atoms with Crippen molar-refractivity contribution in [3.8, 4) is 0 Å². The lowest BCUT2D eigenvalue weighted by molar-refractivity contribution is -0.149. The Morgan fingerprint density at radius 1 is 1.22 bits per heavy atom. The maximum atomic E-state index is 13.6. The summed E-state index contributed by atoms with van der Waals surface area (Å²) in [5.74, 6) is -2.66. The molecule has 3 rings (SSSR count). The van der Waals surface area contributed by atoms with Crippen LogP contribution in [0.2, 0.25) is 0 Å². The Bertz CT molecular complexity index is 1110. The number of benzene rings is 1. The molecule has 5 atom stereocenters. The molecule has 0 bridgehead atoms. The summed E-state index contributed by atoms with van der Waals surface area (Å²) in [6.45, 7) is 4.03. The number of nitrogens with zero attached hydrogens (tertiary/aromatic N) is 1. The molecule has 1 aromatic carbocycles. The molecule has 6 N–H and O–H groups in total. The molecular formula is C25H35N5O5S. The van der Waals surface area contributed by atoms with Crippen molar-refractivity contribution in [2.75, 3.05) is 12.3 Å². The molecule has 3 amide bonds. The molecule has 2 heterocycles. The van der Waals surface area contributed by atoms with E-state index < -0.39 is 47.9 Å². The van der Waals surface area contributed by atoms with Gasteiger partial charge in [0, 0.05) is 35.8 Å². The minimum atomic E-state index is -1.07. The number of para-hydroxylation sites is 1. The van der Waals surface area contributed by atoms with Gasteiger partial charge in [-0.2, -0.15) is 12.6 Å². The molecule has 0 saturated carbocycles.